The number of carboxylic acids is 1. The number of Topliss-reactive ketones (excluding diaryl/α,β-unsaturated/α-hetero) is 1. The van der Waals surface area contributed by atoms with Crippen LogP contribution in [0.4, 0.5) is 0 Å². The molecule has 0 spiro atoms. The van der Waals surface area contributed by atoms with Crippen molar-refractivity contribution in [2.24, 2.45) is 5.92 Å². The molecule has 0 amide bonds. The van der Waals surface area contributed by atoms with E-state index in [0.717, 1.165) is 18.2 Å². The van der Waals surface area contributed by atoms with E-state index in [0.29, 0.717) is 11.1 Å². The second-order valence-corrected chi connectivity index (χ2v) is 9.79. The van der Waals surface area contributed by atoms with E-state index in [2.05, 4.69) is 0 Å². The number of aliphatic carboxylic acids is 1. The Kier molecular flexibility index (Phi) is 7.16. The van der Waals surface area contributed by atoms with Crippen LogP contribution in [-0.2, 0) is 16.8 Å². The molecule has 3 unspecified atom stereocenters. The van der Waals surface area contributed by atoms with Crippen LogP contribution >= 0.6 is 0 Å². The highest BCUT2D eigenvalue weighted by Crippen LogP contribution is 2.53. The third-order valence-corrected chi connectivity index (χ3v) is 7.12. The number of aliphatic hydroxyl groups is 1. The highest BCUT2D eigenvalue weighted by molar-refractivity contribution is 5.99. The first-order valence-electron chi connectivity index (χ1n) is 12.1. The lowest BCUT2D eigenvalue weighted by atomic mass is 9.64. The number of phenolic OH excluding ortho intramolecular Hbond substituents is 6. The van der Waals surface area contributed by atoms with E-state index in [1.807, 2.05) is 0 Å². The number of ketones is 1. The zero-order valence-corrected chi connectivity index (χ0v) is 20.9. The van der Waals surface area contributed by atoms with Crippen LogP contribution in [-0.4, -0.2) is 52.6 Å². The molecule has 4 rings (SSSR count). The highest BCUT2D eigenvalue weighted by Gasteiger charge is 2.52. The molecule has 39 heavy (non-hydrogen) atoms. The number of allylic oxidation sites excluding steroid dienone is 1. The fourth-order valence-corrected chi connectivity index (χ4v) is 5.35. The molecule has 204 valence electrons. The first kappa shape index (κ1) is 27.3. The van der Waals surface area contributed by atoms with Gasteiger partial charge in [0.1, 0.15) is 46.0 Å². The number of benzene rings is 3. The monoisotopic (exact) mass is 536 g/mol. The maximum atomic E-state index is 13.1. The molecule has 10 heteroatoms. The van der Waals surface area contributed by atoms with E-state index in [1.165, 1.54) is 36.4 Å². The normalized spacial score (nSPS) is 20.8. The van der Waals surface area contributed by atoms with Gasteiger partial charge in [-0.15, -0.1) is 0 Å². The predicted molar refractivity (Wildman–Crippen MR) is 138 cm³/mol. The third-order valence-electron chi connectivity index (χ3n) is 7.12. The summed E-state index contributed by atoms with van der Waals surface area (Å²) in [5.41, 5.74) is -1.97. The first-order valence-corrected chi connectivity index (χ1v) is 12.1. The molecule has 10 nitrogen and oxygen atoms in total. The zero-order chi connectivity index (χ0) is 28.6. The van der Waals surface area contributed by atoms with Crippen LogP contribution in [0.1, 0.15) is 52.7 Å². The maximum Gasteiger partial charge on any atom is 0.310 e. The van der Waals surface area contributed by atoms with E-state index >= 15 is 0 Å². The summed E-state index contributed by atoms with van der Waals surface area (Å²) in [6.45, 7) is 1.61. The lowest BCUT2D eigenvalue weighted by molar-refractivity contribution is -0.155. The largest absolute Gasteiger partial charge is 0.508 e. The molecule has 0 saturated carbocycles. The van der Waals surface area contributed by atoms with Gasteiger partial charge in [0.2, 0.25) is 0 Å². The Hall–Kier alpha value is -4.70. The average Bonchev–Trinajstić information content (AvgIpc) is 2.82. The molecule has 3 atom stereocenters. The van der Waals surface area contributed by atoms with Gasteiger partial charge in [0.15, 0.2) is 5.78 Å². The Morgan fingerprint density at radius 3 is 2.13 bits per heavy atom. The second-order valence-electron chi connectivity index (χ2n) is 9.79. The number of rotatable bonds is 7. The van der Waals surface area contributed by atoms with Crippen LogP contribution in [0.3, 0.4) is 0 Å². The van der Waals surface area contributed by atoms with E-state index in [9.17, 15) is 50.4 Å². The number of hydrogen-bond donors (Lipinski definition) is 8. The van der Waals surface area contributed by atoms with E-state index in [1.54, 1.807) is 6.92 Å². The molecular formula is C29H28O10. The fraction of sp³-hybridized carbons (Fsp3) is 0.241. The number of hydrogen-bond acceptors (Lipinski definition) is 9. The molecular weight excluding hydrogens is 508 g/mol. The van der Waals surface area contributed by atoms with Crippen molar-refractivity contribution < 1.29 is 50.4 Å². The van der Waals surface area contributed by atoms with Crippen molar-refractivity contribution in [3.8, 4) is 34.5 Å². The summed E-state index contributed by atoms with van der Waals surface area (Å²) < 4.78 is 0. The molecule has 0 aliphatic heterocycles. The summed E-state index contributed by atoms with van der Waals surface area (Å²) >= 11 is 0. The smallest absolute Gasteiger partial charge is 0.310 e. The van der Waals surface area contributed by atoms with Gasteiger partial charge >= 0.3 is 5.97 Å². The van der Waals surface area contributed by atoms with Crippen molar-refractivity contribution in [1.82, 2.24) is 0 Å². The van der Waals surface area contributed by atoms with Gasteiger partial charge in [0, 0.05) is 42.0 Å². The molecule has 0 radical (unpaired) electrons. The summed E-state index contributed by atoms with van der Waals surface area (Å²) in [5, 5.41) is 83.4. The van der Waals surface area contributed by atoms with Crippen LogP contribution in [0.2, 0.25) is 0 Å². The molecule has 1 aliphatic rings. The fourth-order valence-electron chi connectivity index (χ4n) is 5.35. The van der Waals surface area contributed by atoms with Crippen molar-refractivity contribution in [1.29, 1.82) is 0 Å². The van der Waals surface area contributed by atoms with Crippen molar-refractivity contribution >= 4 is 11.8 Å². The number of aromatic hydroxyl groups is 6. The Labute approximate surface area is 223 Å². The van der Waals surface area contributed by atoms with Gasteiger partial charge in [-0.1, -0.05) is 17.7 Å². The van der Waals surface area contributed by atoms with Crippen LogP contribution in [0.5, 0.6) is 34.5 Å². The molecule has 3 aromatic carbocycles. The van der Waals surface area contributed by atoms with Gasteiger partial charge < -0.3 is 40.9 Å². The third kappa shape index (κ3) is 5.06. The summed E-state index contributed by atoms with van der Waals surface area (Å²) in [5.74, 6) is -7.42. The average molecular weight is 537 g/mol. The number of aryl methyl sites for hydroxylation is 1. The van der Waals surface area contributed by atoms with Gasteiger partial charge in [0.05, 0.1) is 5.56 Å². The topological polar surface area (TPSA) is 196 Å². The van der Waals surface area contributed by atoms with Gasteiger partial charge in [-0.05, 0) is 49.2 Å². The lowest BCUT2D eigenvalue weighted by Gasteiger charge is -2.42. The van der Waals surface area contributed by atoms with Crippen molar-refractivity contribution in [2.45, 2.75) is 37.7 Å². The minimum atomic E-state index is -2.21. The van der Waals surface area contributed by atoms with E-state index in [4.69, 9.17) is 0 Å². The van der Waals surface area contributed by atoms with E-state index < -0.39 is 46.4 Å². The number of carboxylic acid groups (broad SMARTS) is 1. The van der Waals surface area contributed by atoms with Crippen LogP contribution in [0.25, 0.3) is 0 Å². The number of carbonyl (C=O) groups excluding carboxylic acids is 1. The van der Waals surface area contributed by atoms with Crippen molar-refractivity contribution in [3.05, 3.63) is 82.4 Å². The molecule has 3 aromatic rings. The Morgan fingerprint density at radius 2 is 1.51 bits per heavy atom. The van der Waals surface area contributed by atoms with Gasteiger partial charge in [-0.3, -0.25) is 9.59 Å². The molecule has 1 aliphatic carbocycles. The molecule has 0 aromatic heterocycles. The molecule has 0 fully saturated rings. The van der Waals surface area contributed by atoms with Crippen LogP contribution < -0.4 is 0 Å². The molecule has 0 saturated heterocycles. The van der Waals surface area contributed by atoms with Gasteiger partial charge in [0.25, 0.3) is 0 Å². The number of phenols is 6. The molecule has 0 heterocycles. The SMILES string of the molecule is CC1=CC(c2c(O)ccc(C(=O)CCc3ccc(O)cc3O)c2O)C(C(=O)O)C(O)(c2ccc(O)cc2O)C1. The van der Waals surface area contributed by atoms with Gasteiger partial charge in [-0.25, -0.2) is 0 Å². The Morgan fingerprint density at radius 1 is 0.872 bits per heavy atom. The quantitative estimate of drug-likeness (QED) is 0.163. The maximum absolute atomic E-state index is 13.1. The van der Waals surface area contributed by atoms with E-state index in [-0.39, 0.29) is 53.2 Å². The zero-order valence-electron chi connectivity index (χ0n) is 20.9. The van der Waals surface area contributed by atoms with Crippen LogP contribution in [0.15, 0.2) is 60.2 Å². The standard InChI is InChI=1S/C29H28O10/c1-14-10-19(26(28(37)38)29(39,13-14)20-7-5-17(31)12-24(20)35)25-22(33)9-6-18(27(25)36)21(32)8-3-15-2-4-16(30)11-23(15)34/h2,4-7,9-12,19,26,30-31,33-36,39H,3,8,13H2,1H3,(H,37,38). The lowest BCUT2D eigenvalue weighted by Crippen LogP contribution is -2.45. The summed E-state index contributed by atoms with van der Waals surface area (Å²) in [6, 6.07) is 9.64. The Bertz CT molecular complexity index is 1490. The summed E-state index contributed by atoms with van der Waals surface area (Å²) in [4.78, 5) is 25.6. The molecule has 8 N–H and O–H groups in total. The molecule has 0 bridgehead atoms. The summed E-state index contributed by atoms with van der Waals surface area (Å²) in [7, 11) is 0. The minimum Gasteiger partial charge on any atom is -0.508 e. The summed E-state index contributed by atoms with van der Waals surface area (Å²) in [6.07, 6.45) is 1.18. The van der Waals surface area contributed by atoms with Crippen LogP contribution in [0, 0.1) is 5.92 Å². The predicted octanol–water partition coefficient (Wildman–Crippen LogP) is 3.76. The Balaban J connectivity index is 1.76. The first-order chi connectivity index (χ1) is 18.3. The highest BCUT2D eigenvalue weighted by atomic mass is 16.4. The van der Waals surface area contributed by atoms with Crippen molar-refractivity contribution in [3.63, 3.8) is 0 Å². The minimum absolute atomic E-state index is 0.0701. The second kappa shape index (κ2) is 10.2. The number of carbonyl (C=O) groups is 2. The van der Waals surface area contributed by atoms with Gasteiger partial charge in [-0.2, -0.15) is 0 Å². The van der Waals surface area contributed by atoms with Crippen molar-refractivity contribution in [2.75, 3.05) is 0 Å².